The van der Waals surface area contributed by atoms with Gasteiger partial charge in [0.1, 0.15) is 0 Å². The maximum Gasteiger partial charge on any atom is 0.255 e. The van der Waals surface area contributed by atoms with Crippen LogP contribution < -0.4 is 5.73 Å². The molecule has 88 valence electrons. The Kier molecular flexibility index (Phi) is 5.12. The molecule has 16 heavy (non-hydrogen) atoms. The summed E-state index contributed by atoms with van der Waals surface area (Å²) in [6.45, 7) is 0.973. The molecule has 5 heteroatoms. The fraction of sp³-hybridized carbons (Fsp3) is 0.364. The molecule has 0 aromatic heterocycles. The minimum Gasteiger partial charge on any atom is -0.340 e. The number of benzene rings is 1. The van der Waals surface area contributed by atoms with Gasteiger partial charge in [-0.2, -0.15) is 0 Å². The number of nitrogens with two attached hydrogens (primary N) is 1. The van der Waals surface area contributed by atoms with E-state index in [1.165, 1.54) is 0 Å². The molecular weight excluding hydrogens is 244 g/mol. The molecule has 0 aliphatic heterocycles. The molecule has 0 radical (unpaired) electrons. The molecule has 0 aliphatic rings. The number of thioether (sulfide) groups is 1. The van der Waals surface area contributed by atoms with Crippen molar-refractivity contribution in [2.45, 2.75) is 4.90 Å². The van der Waals surface area contributed by atoms with E-state index < -0.39 is 0 Å². The van der Waals surface area contributed by atoms with Crippen LogP contribution in [0.25, 0.3) is 0 Å². The zero-order valence-corrected chi connectivity index (χ0v) is 10.9. The lowest BCUT2D eigenvalue weighted by molar-refractivity contribution is 0.0799. The number of likely N-dealkylation sites (N-methyl/N-ethyl adjacent to an activating group) is 1. The molecule has 3 nitrogen and oxygen atoms in total. The quantitative estimate of drug-likeness (QED) is 0.842. The van der Waals surface area contributed by atoms with Crippen molar-refractivity contribution >= 4 is 29.3 Å². The summed E-state index contributed by atoms with van der Waals surface area (Å²) in [5.74, 6) is -0.0913. The molecule has 0 atom stereocenters. The first kappa shape index (κ1) is 13.4. The molecule has 0 unspecified atom stereocenters. The summed E-state index contributed by atoms with van der Waals surface area (Å²) in [6, 6.07) is 5.45. The van der Waals surface area contributed by atoms with E-state index >= 15 is 0 Å². The summed E-state index contributed by atoms with van der Waals surface area (Å²) in [5.41, 5.74) is 5.94. The molecule has 2 N–H and O–H groups in total. The molecule has 1 aromatic rings. The van der Waals surface area contributed by atoms with Gasteiger partial charge in [-0.15, -0.1) is 11.8 Å². The van der Waals surface area contributed by atoms with Crippen molar-refractivity contribution < 1.29 is 4.79 Å². The van der Waals surface area contributed by atoms with Crippen LogP contribution in [0.15, 0.2) is 23.1 Å². The van der Waals surface area contributed by atoms with Gasteiger partial charge in [0.25, 0.3) is 5.91 Å². The van der Waals surface area contributed by atoms with Crippen molar-refractivity contribution in [1.82, 2.24) is 4.90 Å². The highest BCUT2D eigenvalue weighted by Crippen LogP contribution is 2.23. The number of rotatable bonds is 4. The lowest BCUT2D eigenvalue weighted by Gasteiger charge is -2.17. The standard InChI is InChI=1S/C11H15ClN2OS/c1-14(6-5-13)11(15)9-7-8(16-2)3-4-10(9)12/h3-4,7H,5-6,13H2,1-2H3. The average molecular weight is 259 g/mol. The van der Waals surface area contributed by atoms with Crippen LogP contribution in [0.1, 0.15) is 10.4 Å². The number of carbonyl (C=O) groups excluding carboxylic acids is 1. The average Bonchev–Trinajstić information content (AvgIpc) is 2.29. The zero-order valence-electron chi connectivity index (χ0n) is 9.37. The Balaban J connectivity index is 2.97. The van der Waals surface area contributed by atoms with Crippen molar-refractivity contribution in [2.75, 3.05) is 26.4 Å². The summed E-state index contributed by atoms with van der Waals surface area (Å²) >= 11 is 7.58. The van der Waals surface area contributed by atoms with Crippen LogP contribution in [-0.4, -0.2) is 37.2 Å². The van der Waals surface area contributed by atoms with E-state index in [2.05, 4.69) is 0 Å². The predicted molar refractivity (Wildman–Crippen MR) is 69.2 cm³/mol. The van der Waals surface area contributed by atoms with Crippen LogP contribution in [0.2, 0.25) is 5.02 Å². The SMILES string of the molecule is CSc1ccc(Cl)c(C(=O)N(C)CCN)c1. The minimum atomic E-state index is -0.0913. The van der Waals surface area contributed by atoms with Gasteiger partial charge >= 0.3 is 0 Å². The Hall–Kier alpha value is -0.710. The minimum absolute atomic E-state index is 0.0913. The van der Waals surface area contributed by atoms with Gasteiger partial charge in [-0.05, 0) is 24.5 Å². The molecule has 0 spiro atoms. The van der Waals surface area contributed by atoms with Gasteiger partial charge in [-0.3, -0.25) is 4.79 Å². The highest BCUT2D eigenvalue weighted by Gasteiger charge is 2.14. The third kappa shape index (κ3) is 3.14. The monoisotopic (exact) mass is 258 g/mol. The third-order valence-corrected chi connectivity index (χ3v) is 3.27. The van der Waals surface area contributed by atoms with Crippen LogP contribution in [0.3, 0.4) is 0 Å². The van der Waals surface area contributed by atoms with E-state index in [0.29, 0.717) is 23.7 Å². The van der Waals surface area contributed by atoms with Gasteiger partial charge in [0.2, 0.25) is 0 Å². The Labute approximate surface area is 105 Å². The Morgan fingerprint density at radius 3 is 2.81 bits per heavy atom. The summed E-state index contributed by atoms with van der Waals surface area (Å²) in [6.07, 6.45) is 1.96. The van der Waals surface area contributed by atoms with Crippen molar-refractivity contribution in [3.05, 3.63) is 28.8 Å². The second-order valence-corrected chi connectivity index (χ2v) is 4.65. The second kappa shape index (κ2) is 6.13. The van der Waals surface area contributed by atoms with Crippen LogP contribution in [-0.2, 0) is 0 Å². The maximum atomic E-state index is 12.0. The molecule has 1 rings (SSSR count). The summed E-state index contributed by atoms with van der Waals surface area (Å²) < 4.78 is 0. The number of carbonyl (C=O) groups is 1. The van der Waals surface area contributed by atoms with Gasteiger partial charge in [0.05, 0.1) is 10.6 Å². The van der Waals surface area contributed by atoms with Crippen LogP contribution in [0.4, 0.5) is 0 Å². The first-order valence-electron chi connectivity index (χ1n) is 4.89. The zero-order chi connectivity index (χ0) is 12.1. The van der Waals surface area contributed by atoms with Gasteiger partial charge in [-0.1, -0.05) is 11.6 Å². The van der Waals surface area contributed by atoms with Crippen molar-refractivity contribution in [3.63, 3.8) is 0 Å². The summed E-state index contributed by atoms with van der Waals surface area (Å²) in [7, 11) is 1.72. The van der Waals surface area contributed by atoms with Gasteiger partial charge < -0.3 is 10.6 Å². The number of hydrogen-bond donors (Lipinski definition) is 1. The van der Waals surface area contributed by atoms with Crippen LogP contribution in [0.5, 0.6) is 0 Å². The molecule has 1 amide bonds. The lowest BCUT2D eigenvalue weighted by atomic mass is 10.2. The van der Waals surface area contributed by atoms with E-state index in [1.807, 2.05) is 18.4 Å². The lowest BCUT2D eigenvalue weighted by Crippen LogP contribution is -2.31. The van der Waals surface area contributed by atoms with Crippen LogP contribution >= 0.6 is 23.4 Å². The smallest absolute Gasteiger partial charge is 0.255 e. The molecule has 0 bridgehead atoms. The summed E-state index contributed by atoms with van der Waals surface area (Å²) in [4.78, 5) is 14.6. The maximum absolute atomic E-state index is 12.0. The Morgan fingerprint density at radius 1 is 1.56 bits per heavy atom. The largest absolute Gasteiger partial charge is 0.340 e. The fourth-order valence-corrected chi connectivity index (χ4v) is 1.93. The number of nitrogens with zero attached hydrogens (tertiary/aromatic N) is 1. The van der Waals surface area contributed by atoms with E-state index in [0.717, 1.165) is 4.90 Å². The normalized spacial score (nSPS) is 10.2. The molecule has 0 fully saturated rings. The Bertz CT molecular complexity index is 384. The first-order valence-corrected chi connectivity index (χ1v) is 6.49. The topological polar surface area (TPSA) is 46.3 Å². The number of amides is 1. The van der Waals surface area contributed by atoms with Crippen molar-refractivity contribution in [2.24, 2.45) is 5.73 Å². The number of halogens is 1. The third-order valence-electron chi connectivity index (χ3n) is 2.22. The van der Waals surface area contributed by atoms with Crippen LogP contribution in [0, 0.1) is 0 Å². The van der Waals surface area contributed by atoms with E-state index in [-0.39, 0.29) is 5.91 Å². The van der Waals surface area contributed by atoms with E-state index in [9.17, 15) is 4.79 Å². The van der Waals surface area contributed by atoms with Gasteiger partial charge in [0.15, 0.2) is 0 Å². The molecule has 0 aliphatic carbocycles. The molecule has 0 saturated carbocycles. The van der Waals surface area contributed by atoms with Crippen molar-refractivity contribution in [3.8, 4) is 0 Å². The predicted octanol–water partition coefficient (Wildman–Crippen LogP) is 2.09. The van der Waals surface area contributed by atoms with Gasteiger partial charge in [0, 0.05) is 25.0 Å². The van der Waals surface area contributed by atoms with E-state index in [1.54, 1.807) is 29.8 Å². The first-order chi connectivity index (χ1) is 7.60. The molecule has 0 heterocycles. The number of hydrogen-bond acceptors (Lipinski definition) is 3. The highest BCUT2D eigenvalue weighted by atomic mass is 35.5. The molecular formula is C11H15ClN2OS. The second-order valence-electron chi connectivity index (χ2n) is 3.36. The Morgan fingerprint density at radius 2 is 2.25 bits per heavy atom. The van der Waals surface area contributed by atoms with Crippen molar-refractivity contribution in [1.29, 1.82) is 0 Å². The molecule has 0 saturated heterocycles. The van der Waals surface area contributed by atoms with E-state index in [4.69, 9.17) is 17.3 Å². The fourth-order valence-electron chi connectivity index (χ4n) is 1.30. The highest BCUT2D eigenvalue weighted by molar-refractivity contribution is 7.98. The molecule has 1 aromatic carbocycles. The summed E-state index contributed by atoms with van der Waals surface area (Å²) in [5, 5.41) is 0.478. The van der Waals surface area contributed by atoms with Gasteiger partial charge in [-0.25, -0.2) is 0 Å².